The maximum absolute atomic E-state index is 12.0. The van der Waals surface area contributed by atoms with E-state index in [1.807, 2.05) is 4.90 Å². The van der Waals surface area contributed by atoms with Gasteiger partial charge < -0.3 is 14.9 Å². The van der Waals surface area contributed by atoms with Gasteiger partial charge in [-0.05, 0) is 31.3 Å². The molecule has 1 saturated heterocycles. The Morgan fingerprint density at radius 3 is 2.30 bits per heavy atom. The fraction of sp³-hybridized carbons (Fsp3) is 0.429. The largest absolute Gasteiger partial charge is 0.478 e. The molecule has 1 aliphatic heterocycles. The first-order valence-corrected chi connectivity index (χ1v) is 7.47. The maximum Gasteiger partial charge on any atom is 0.335 e. The Balaban J connectivity index is 1.82. The van der Waals surface area contributed by atoms with Crippen molar-refractivity contribution in [3.63, 3.8) is 0 Å². The highest BCUT2D eigenvalue weighted by atomic mass is 32.2. The van der Waals surface area contributed by atoms with Crippen LogP contribution in [0, 0.1) is 0 Å². The number of likely N-dealkylation sites (N-methyl/N-ethyl adjacent to an activating group) is 1. The molecule has 6 heteroatoms. The van der Waals surface area contributed by atoms with Crippen molar-refractivity contribution in [2.45, 2.75) is 4.90 Å². The Kier molecular flexibility index (Phi) is 5.03. The highest BCUT2D eigenvalue weighted by molar-refractivity contribution is 8.00. The molecular formula is C14H18N2O3S. The number of hydrogen-bond acceptors (Lipinski definition) is 4. The lowest BCUT2D eigenvalue weighted by atomic mass is 10.2. The summed E-state index contributed by atoms with van der Waals surface area (Å²) >= 11 is 1.45. The minimum atomic E-state index is -0.935. The Morgan fingerprint density at radius 2 is 1.75 bits per heavy atom. The average molecular weight is 294 g/mol. The van der Waals surface area contributed by atoms with Gasteiger partial charge in [0.25, 0.3) is 0 Å². The fourth-order valence-electron chi connectivity index (χ4n) is 1.99. The van der Waals surface area contributed by atoms with Crippen molar-refractivity contribution in [3.8, 4) is 0 Å². The number of aromatic carboxylic acids is 1. The number of nitrogens with zero attached hydrogens (tertiary/aromatic N) is 2. The number of amides is 1. The average Bonchev–Trinajstić information content (AvgIpc) is 2.46. The molecule has 0 radical (unpaired) electrons. The fourth-order valence-corrected chi connectivity index (χ4v) is 2.79. The molecule has 0 aliphatic carbocycles. The number of carbonyl (C=O) groups excluding carboxylic acids is 1. The third kappa shape index (κ3) is 3.98. The lowest BCUT2D eigenvalue weighted by Gasteiger charge is -2.32. The molecule has 20 heavy (non-hydrogen) atoms. The van der Waals surface area contributed by atoms with Gasteiger partial charge in [0.1, 0.15) is 0 Å². The van der Waals surface area contributed by atoms with E-state index in [2.05, 4.69) is 11.9 Å². The van der Waals surface area contributed by atoms with Crippen molar-refractivity contribution in [3.05, 3.63) is 29.8 Å². The summed E-state index contributed by atoms with van der Waals surface area (Å²) in [6, 6.07) is 6.60. The lowest BCUT2D eigenvalue weighted by Crippen LogP contribution is -2.47. The quantitative estimate of drug-likeness (QED) is 0.847. The number of carbonyl (C=O) groups is 2. The summed E-state index contributed by atoms with van der Waals surface area (Å²) in [5, 5.41) is 8.81. The standard InChI is InChI=1S/C14H18N2O3S/c1-15-6-8-16(9-7-15)13(17)10-20-12-4-2-11(3-5-12)14(18)19/h2-5H,6-10H2,1H3,(H,18,19). The molecule has 1 aromatic carbocycles. The Morgan fingerprint density at radius 1 is 1.15 bits per heavy atom. The Labute approximate surface area is 122 Å². The van der Waals surface area contributed by atoms with Crippen molar-refractivity contribution in [2.24, 2.45) is 0 Å². The zero-order valence-electron chi connectivity index (χ0n) is 11.4. The van der Waals surface area contributed by atoms with E-state index in [9.17, 15) is 9.59 Å². The van der Waals surface area contributed by atoms with E-state index < -0.39 is 5.97 Å². The molecule has 0 aromatic heterocycles. The number of thioether (sulfide) groups is 1. The van der Waals surface area contributed by atoms with Gasteiger partial charge in [-0.15, -0.1) is 11.8 Å². The molecule has 0 atom stereocenters. The first kappa shape index (κ1) is 14.9. The third-order valence-electron chi connectivity index (χ3n) is 3.32. The van der Waals surface area contributed by atoms with Crippen LogP contribution >= 0.6 is 11.8 Å². The van der Waals surface area contributed by atoms with Gasteiger partial charge >= 0.3 is 5.97 Å². The van der Waals surface area contributed by atoms with E-state index in [4.69, 9.17) is 5.11 Å². The summed E-state index contributed by atoms with van der Waals surface area (Å²) in [5.41, 5.74) is 0.264. The molecule has 1 fully saturated rings. The zero-order chi connectivity index (χ0) is 14.5. The molecule has 1 aromatic rings. The predicted molar refractivity (Wildman–Crippen MR) is 78.2 cm³/mol. The molecular weight excluding hydrogens is 276 g/mol. The van der Waals surface area contributed by atoms with Crippen molar-refractivity contribution >= 4 is 23.6 Å². The predicted octanol–water partition coefficient (Wildman–Crippen LogP) is 1.25. The van der Waals surface area contributed by atoms with Gasteiger partial charge in [-0.2, -0.15) is 0 Å². The van der Waals surface area contributed by atoms with E-state index in [1.54, 1.807) is 24.3 Å². The summed E-state index contributed by atoms with van der Waals surface area (Å²) in [4.78, 5) is 27.8. The summed E-state index contributed by atoms with van der Waals surface area (Å²) in [7, 11) is 2.06. The highest BCUT2D eigenvalue weighted by Gasteiger charge is 2.18. The van der Waals surface area contributed by atoms with Crippen LogP contribution in [0.3, 0.4) is 0 Å². The van der Waals surface area contributed by atoms with Crippen LogP contribution in [0.15, 0.2) is 29.2 Å². The SMILES string of the molecule is CN1CCN(C(=O)CSc2ccc(C(=O)O)cc2)CC1. The number of carboxylic acid groups (broad SMARTS) is 1. The third-order valence-corrected chi connectivity index (χ3v) is 4.32. The molecule has 2 rings (SSSR count). The molecule has 0 unspecified atom stereocenters. The van der Waals surface area contributed by atoms with Crippen LogP contribution in [0.1, 0.15) is 10.4 Å². The van der Waals surface area contributed by atoms with E-state index in [0.29, 0.717) is 5.75 Å². The molecule has 0 spiro atoms. The minimum absolute atomic E-state index is 0.144. The topological polar surface area (TPSA) is 60.9 Å². The number of benzene rings is 1. The van der Waals surface area contributed by atoms with Crippen LogP contribution < -0.4 is 0 Å². The van der Waals surface area contributed by atoms with E-state index >= 15 is 0 Å². The van der Waals surface area contributed by atoms with Crippen molar-refractivity contribution in [1.29, 1.82) is 0 Å². The summed E-state index contributed by atoms with van der Waals surface area (Å²) in [6.45, 7) is 3.41. The van der Waals surface area contributed by atoms with Gasteiger partial charge in [0.15, 0.2) is 0 Å². The smallest absolute Gasteiger partial charge is 0.335 e. The van der Waals surface area contributed by atoms with Crippen LogP contribution in [-0.2, 0) is 4.79 Å². The number of carboxylic acids is 1. The lowest BCUT2D eigenvalue weighted by molar-refractivity contribution is -0.129. The first-order valence-electron chi connectivity index (χ1n) is 6.49. The van der Waals surface area contributed by atoms with Crippen molar-refractivity contribution in [1.82, 2.24) is 9.80 Å². The minimum Gasteiger partial charge on any atom is -0.478 e. The summed E-state index contributed by atoms with van der Waals surface area (Å²) < 4.78 is 0. The highest BCUT2D eigenvalue weighted by Crippen LogP contribution is 2.19. The maximum atomic E-state index is 12.0. The second-order valence-corrected chi connectivity index (χ2v) is 5.85. The van der Waals surface area contributed by atoms with E-state index in [0.717, 1.165) is 31.1 Å². The van der Waals surface area contributed by atoms with Crippen LogP contribution in [0.2, 0.25) is 0 Å². The molecule has 1 aliphatic rings. The van der Waals surface area contributed by atoms with Gasteiger partial charge in [-0.1, -0.05) is 0 Å². The number of hydrogen-bond donors (Lipinski definition) is 1. The van der Waals surface area contributed by atoms with Crippen molar-refractivity contribution < 1.29 is 14.7 Å². The van der Waals surface area contributed by atoms with Crippen LogP contribution in [0.5, 0.6) is 0 Å². The number of piperazine rings is 1. The molecule has 1 heterocycles. The Hall–Kier alpha value is -1.53. The second kappa shape index (κ2) is 6.76. The molecule has 0 saturated carbocycles. The summed E-state index contributed by atoms with van der Waals surface area (Å²) in [5.74, 6) is -0.392. The van der Waals surface area contributed by atoms with Gasteiger partial charge in [0, 0.05) is 31.1 Å². The van der Waals surface area contributed by atoms with Crippen LogP contribution in [-0.4, -0.2) is 65.8 Å². The normalized spacial score (nSPS) is 16.1. The monoisotopic (exact) mass is 294 g/mol. The van der Waals surface area contributed by atoms with Crippen LogP contribution in [0.25, 0.3) is 0 Å². The van der Waals surface area contributed by atoms with Gasteiger partial charge in [-0.25, -0.2) is 4.79 Å². The Bertz CT molecular complexity index is 482. The molecule has 108 valence electrons. The first-order chi connectivity index (χ1) is 9.56. The van der Waals surface area contributed by atoms with E-state index in [-0.39, 0.29) is 11.5 Å². The van der Waals surface area contributed by atoms with Crippen LogP contribution in [0.4, 0.5) is 0 Å². The van der Waals surface area contributed by atoms with Gasteiger partial charge in [0.05, 0.1) is 11.3 Å². The molecule has 1 N–H and O–H groups in total. The zero-order valence-corrected chi connectivity index (χ0v) is 12.2. The van der Waals surface area contributed by atoms with E-state index in [1.165, 1.54) is 11.8 Å². The number of rotatable bonds is 4. The van der Waals surface area contributed by atoms with Gasteiger partial charge in [0.2, 0.25) is 5.91 Å². The second-order valence-electron chi connectivity index (χ2n) is 4.80. The molecule has 0 bridgehead atoms. The molecule has 5 nitrogen and oxygen atoms in total. The molecule has 1 amide bonds. The van der Waals surface area contributed by atoms with Crippen molar-refractivity contribution in [2.75, 3.05) is 39.0 Å². The van der Waals surface area contributed by atoms with Gasteiger partial charge in [-0.3, -0.25) is 4.79 Å². The summed E-state index contributed by atoms with van der Waals surface area (Å²) in [6.07, 6.45) is 0.